The van der Waals surface area contributed by atoms with Crippen LogP contribution in [0.3, 0.4) is 0 Å². The van der Waals surface area contributed by atoms with Crippen molar-refractivity contribution in [2.45, 2.75) is 25.3 Å². The quantitative estimate of drug-likeness (QED) is 0.654. The minimum atomic E-state index is 0.405. The molecule has 144 valence electrons. The van der Waals surface area contributed by atoms with Crippen molar-refractivity contribution in [2.75, 3.05) is 25.5 Å². The van der Waals surface area contributed by atoms with Crippen molar-refractivity contribution < 1.29 is 4.74 Å². The molecule has 0 aliphatic carbocycles. The lowest BCUT2D eigenvalue weighted by molar-refractivity contribution is 0.256. The lowest BCUT2D eigenvalue weighted by Crippen LogP contribution is -2.26. The molecule has 1 unspecified atom stereocenters. The van der Waals surface area contributed by atoms with Gasteiger partial charge < -0.3 is 10.1 Å². The third kappa shape index (κ3) is 4.49. The molecule has 1 aromatic carbocycles. The molecule has 0 saturated carbocycles. The van der Waals surface area contributed by atoms with E-state index in [1.807, 2.05) is 36.5 Å². The van der Waals surface area contributed by atoms with E-state index in [9.17, 15) is 0 Å². The van der Waals surface area contributed by atoms with Crippen LogP contribution in [-0.2, 0) is 6.42 Å². The Morgan fingerprint density at radius 3 is 2.68 bits per heavy atom. The van der Waals surface area contributed by atoms with Crippen LogP contribution >= 0.6 is 0 Å². The summed E-state index contributed by atoms with van der Waals surface area (Å²) in [6.45, 7) is 2.18. The van der Waals surface area contributed by atoms with Crippen molar-refractivity contribution in [3.8, 4) is 5.75 Å². The molecule has 2 aromatic heterocycles. The van der Waals surface area contributed by atoms with Crippen molar-refractivity contribution in [1.29, 1.82) is 0 Å². The number of ether oxygens (including phenoxy) is 1. The summed E-state index contributed by atoms with van der Waals surface area (Å²) in [7, 11) is 1.70. The molecule has 1 aliphatic rings. The second-order valence-corrected chi connectivity index (χ2v) is 7.10. The molecule has 1 fully saturated rings. The van der Waals surface area contributed by atoms with Gasteiger partial charge in [-0.15, -0.1) is 0 Å². The molecule has 1 N–H and O–H groups in total. The summed E-state index contributed by atoms with van der Waals surface area (Å²) in [6.07, 6.45) is 7.12. The highest BCUT2D eigenvalue weighted by molar-refractivity contribution is 5.54. The molecule has 3 aromatic rings. The van der Waals surface area contributed by atoms with E-state index in [4.69, 9.17) is 9.72 Å². The fraction of sp³-hybridized carbons (Fsp3) is 0.304. The van der Waals surface area contributed by atoms with Crippen molar-refractivity contribution in [1.82, 2.24) is 14.9 Å². The maximum atomic E-state index is 5.24. The van der Waals surface area contributed by atoms with Gasteiger partial charge in [-0.25, -0.2) is 4.98 Å². The molecule has 0 spiro atoms. The molecule has 1 atom stereocenters. The molecular weight excluding hydrogens is 348 g/mol. The summed E-state index contributed by atoms with van der Waals surface area (Å²) in [5.74, 6) is 1.74. The molecule has 1 saturated heterocycles. The Morgan fingerprint density at radius 1 is 1.07 bits per heavy atom. The maximum absolute atomic E-state index is 5.24. The van der Waals surface area contributed by atoms with Gasteiger partial charge in [-0.2, -0.15) is 0 Å². The number of anilines is 2. The number of aromatic nitrogens is 2. The van der Waals surface area contributed by atoms with Gasteiger partial charge in [-0.05, 0) is 67.8 Å². The lowest BCUT2D eigenvalue weighted by Gasteiger charge is -2.24. The number of hydrogen-bond acceptors (Lipinski definition) is 5. The summed E-state index contributed by atoms with van der Waals surface area (Å²) in [5, 5.41) is 3.29. The van der Waals surface area contributed by atoms with Crippen LogP contribution in [-0.4, -0.2) is 35.1 Å². The minimum absolute atomic E-state index is 0.405. The van der Waals surface area contributed by atoms with E-state index in [0.717, 1.165) is 42.5 Å². The van der Waals surface area contributed by atoms with E-state index in [1.54, 1.807) is 13.3 Å². The van der Waals surface area contributed by atoms with Crippen LogP contribution in [0.1, 0.15) is 30.1 Å². The number of nitrogens with one attached hydrogen (secondary N) is 1. The number of pyridine rings is 2. The fourth-order valence-electron chi connectivity index (χ4n) is 3.75. The van der Waals surface area contributed by atoms with E-state index in [1.165, 1.54) is 18.4 Å². The largest absolute Gasteiger partial charge is 0.497 e. The Morgan fingerprint density at radius 2 is 1.96 bits per heavy atom. The molecule has 4 rings (SSSR count). The van der Waals surface area contributed by atoms with E-state index in [0.29, 0.717) is 6.04 Å². The summed E-state index contributed by atoms with van der Waals surface area (Å²) in [5.41, 5.74) is 3.46. The fourth-order valence-corrected chi connectivity index (χ4v) is 3.75. The highest BCUT2D eigenvalue weighted by atomic mass is 16.5. The van der Waals surface area contributed by atoms with Gasteiger partial charge in [0, 0.05) is 12.7 Å². The second-order valence-electron chi connectivity index (χ2n) is 7.10. The number of nitrogens with zero attached hydrogens (tertiary/aromatic N) is 3. The first kappa shape index (κ1) is 18.4. The molecule has 5 nitrogen and oxygen atoms in total. The first-order valence-electron chi connectivity index (χ1n) is 9.83. The SMILES string of the molecule is COc1ccc(CCN2CCCC2c2ccc(Nc3ccccn3)cn2)cc1. The van der Waals surface area contributed by atoms with Gasteiger partial charge in [-0.1, -0.05) is 18.2 Å². The highest BCUT2D eigenvalue weighted by Crippen LogP contribution is 2.31. The molecule has 28 heavy (non-hydrogen) atoms. The van der Waals surface area contributed by atoms with E-state index < -0.39 is 0 Å². The van der Waals surface area contributed by atoms with E-state index in [-0.39, 0.29) is 0 Å². The van der Waals surface area contributed by atoms with Crippen molar-refractivity contribution in [3.63, 3.8) is 0 Å². The van der Waals surface area contributed by atoms with Crippen molar-refractivity contribution in [3.05, 3.63) is 78.2 Å². The van der Waals surface area contributed by atoms with Gasteiger partial charge in [0.1, 0.15) is 11.6 Å². The summed E-state index contributed by atoms with van der Waals surface area (Å²) >= 11 is 0. The number of methoxy groups -OCH3 is 1. The molecule has 5 heteroatoms. The van der Waals surface area contributed by atoms with Gasteiger partial charge in [0.25, 0.3) is 0 Å². The molecular formula is C23H26N4O. The zero-order chi connectivity index (χ0) is 19.2. The topological polar surface area (TPSA) is 50.3 Å². The van der Waals surface area contributed by atoms with Crippen LogP contribution < -0.4 is 10.1 Å². The zero-order valence-corrected chi connectivity index (χ0v) is 16.2. The average Bonchev–Trinajstić information content (AvgIpc) is 3.22. The van der Waals surface area contributed by atoms with Crippen LogP contribution in [0.15, 0.2) is 67.0 Å². The van der Waals surface area contributed by atoms with Crippen LogP contribution in [0.2, 0.25) is 0 Å². The lowest BCUT2D eigenvalue weighted by atomic mass is 10.1. The van der Waals surface area contributed by atoms with Gasteiger partial charge >= 0.3 is 0 Å². The molecule has 0 radical (unpaired) electrons. The van der Waals surface area contributed by atoms with Crippen molar-refractivity contribution >= 4 is 11.5 Å². The molecule has 3 heterocycles. The number of likely N-dealkylation sites (tertiary alicyclic amines) is 1. The Hall–Kier alpha value is -2.92. The van der Waals surface area contributed by atoms with Gasteiger partial charge in [-0.3, -0.25) is 9.88 Å². The van der Waals surface area contributed by atoms with Crippen LogP contribution in [0, 0.1) is 0 Å². The smallest absolute Gasteiger partial charge is 0.130 e. The number of benzene rings is 1. The third-order valence-electron chi connectivity index (χ3n) is 5.28. The summed E-state index contributed by atoms with van der Waals surface area (Å²) in [4.78, 5) is 11.6. The van der Waals surface area contributed by atoms with Crippen molar-refractivity contribution in [2.24, 2.45) is 0 Å². The third-order valence-corrected chi connectivity index (χ3v) is 5.28. The minimum Gasteiger partial charge on any atom is -0.497 e. The number of hydrogen-bond donors (Lipinski definition) is 1. The maximum Gasteiger partial charge on any atom is 0.130 e. The van der Waals surface area contributed by atoms with Crippen LogP contribution in [0.25, 0.3) is 0 Å². The van der Waals surface area contributed by atoms with Gasteiger partial charge in [0.2, 0.25) is 0 Å². The average molecular weight is 374 g/mol. The van der Waals surface area contributed by atoms with Crippen LogP contribution in [0.4, 0.5) is 11.5 Å². The standard InChI is InChI=1S/C23H26N4O/c1-28-20-10-7-18(8-11-20)13-16-27-15-4-5-22(27)21-12-9-19(17-25-21)26-23-6-2-3-14-24-23/h2-3,6-12,14,17,22H,4-5,13,15-16H2,1H3,(H,24,26). The monoisotopic (exact) mass is 374 g/mol. The first-order valence-corrected chi connectivity index (χ1v) is 9.83. The van der Waals surface area contributed by atoms with Gasteiger partial charge in [0.15, 0.2) is 0 Å². The summed E-state index contributed by atoms with van der Waals surface area (Å²) < 4.78 is 5.24. The van der Waals surface area contributed by atoms with Gasteiger partial charge in [0.05, 0.1) is 30.7 Å². The Kier molecular flexibility index (Phi) is 5.83. The van der Waals surface area contributed by atoms with E-state index in [2.05, 4.69) is 39.5 Å². The Labute approximate surface area is 166 Å². The predicted molar refractivity (Wildman–Crippen MR) is 112 cm³/mol. The highest BCUT2D eigenvalue weighted by Gasteiger charge is 2.26. The normalized spacial score (nSPS) is 16.8. The van der Waals surface area contributed by atoms with Crippen LogP contribution in [0.5, 0.6) is 5.75 Å². The predicted octanol–water partition coefficient (Wildman–Crippen LogP) is 4.61. The first-order chi connectivity index (χ1) is 13.8. The Balaban J connectivity index is 1.37. The zero-order valence-electron chi connectivity index (χ0n) is 16.2. The molecule has 0 amide bonds. The number of rotatable bonds is 7. The van der Waals surface area contributed by atoms with E-state index >= 15 is 0 Å². The molecule has 1 aliphatic heterocycles. The summed E-state index contributed by atoms with van der Waals surface area (Å²) in [6, 6.07) is 18.8. The second kappa shape index (κ2) is 8.85. The molecule has 0 bridgehead atoms. The Bertz CT molecular complexity index is 865.